The van der Waals surface area contributed by atoms with E-state index in [1.807, 2.05) is 6.07 Å². The first-order valence-corrected chi connectivity index (χ1v) is 9.45. The second kappa shape index (κ2) is 7.47. The highest BCUT2D eigenvalue weighted by molar-refractivity contribution is 5.66. The molecular formula is C18H18F3N5O6. The molecule has 0 unspecified atom stereocenters. The number of nitrogens with two attached hydrogens (primary N) is 1. The van der Waals surface area contributed by atoms with Crippen molar-refractivity contribution in [3.05, 3.63) is 24.2 Å². The fourth-order valence-corrected chi connectivity index (χ4v) is 3.60. The van der Waals surface area contributed by atoms with Gasteiger partial charge in [-0.15, -0.1) is 0 Å². The smallest absolute Gasteiger partial charge is 0.433 e. The van der Waals surface area contributed by atoms with Gasteiger partial charge in [-0.1, -0.05) is 0 Å². The highest BCUT2D eigenvalue weighted by atomic mass is 19.4. The second-order valence-corrected chi connectivity index (χ2v) is 7.73. The van der Waals surface area contributed by atoms with E-state index in [1.165, 1.54) is 16.6 Å². The van der Waals surface area contributed by atoms with Crippen molar-refractivity contribution in [1.82, 2.24) is 14.6 Å². The van der Waals surface area contributed by atoms with E-state index in [-0.39, 0.29) is 24.4 Å². The molecule has 1 aliphatic carbocycles. The molecule has 1 saturated heterocycles. The molecule has 4 rings (SSSR count). The molecule has 0 radical (unpaired) electrons. The predicted molar refractivity (Wildman–Crippen MR) is 96.6 cm³/mol. The van der Waals surface area contributed by atoms with Crippen LogP contribution in [0.1, 0.15) is 18.5 Å². The Morgan fingerprint density at radius 1 is 1.38 bits per heavy atom. The Morgan fingerprint density at radius 2 is 2.09 bits per heavy atom. The van der Waals surface area contributed by atoms with Crippen LogP contribution in [-0.2, 0) is 19.8 Å². The molecule has 2 aromatic heterocycles. The molecule has 0 spiro atoms. The summed E-state index contributed by atoms with van der Waals surface area (Å²) in [5, 5.41) is 34.7. The SMILES string of the molecule is N#C[C@@]1(c2ccc3c(N)ncnn23)O[C@H](COC(=O)OCC2(C(F)(F)F)CC2)[C@@H](O)[C@H]1O. The molecule has 11 nitrogen and oxygen atoms in total. The third kappa shape index (κ3) is 3.38. The summed E-state index contributed by atoms with van der Waals surface area (Å²) in [4.78, 5) is 15.6. The minimum Gasteiger partial charge on any atom is -0.433 e. The van der Waals surface area contributed by atoms with Crippen LogP contribution in [-0.4, -0.2) is 68.7 Å². The van der Waals surface area contributed by atoms with Crippen LogP contribution < -0.4 is 5.73 Å². The van der Waals surface area contributed by atoms with Crippen molar-refractivity contribution >= 4 is 17.5 Å². The van der Waals surface area contributed by atoms with Crippen LogP contribution in [0, 0.1) is 16.7 Å². The Labute approximate surface area is 178 Å². The van der Waals surface area contributed by atoms with Crippen LogP contribution in [0.2, 0.25) is 0 Å². The number of nitrogen functional groups attached to an aromatic ring is 1. The number of nitriles is 1. The minimum atomic E-state index is -4.50. The van der Waals surface area contributed by atoms with Gasteiger partial charge in [-0.3, -0.25) is 0 Å². The van der Waals surface area contributed by atoms with Gasteiger partial charge in [-0.25, -0.2) is 14.3 Å². The zero-order valence-electron chi connectivity index (χ0n) is 16.3. The van der Waals surface area contributed by atoms with Gasteiger partial charge in [0, 0.05) is 0 Å². The van der Waals surface area contributed by atoms with E-state index in [0.29, 0.717) is 5.52 Å². The second-order valence-electron chi connectivity index (χ2n) is 7.73. The Kier molecular flexibility index (Phi) is 5.15. The van der Waals surface area contributed by atoms with E-state index in [1.54, 1.807) is 0 Å². The third-order valence-corrected chi connectivity index (χ3v) is 5.77. The number of fused-ring (bicyclic) bond motifs is 1. The molecule has 1 aliphatic heterocycles. The number of halogens is 3. The number of aromatic nitrogens is 3. The van der Waals surface area contributed by atoms with Crippen molar-refractivity contribution in [3.8, 4) is 6.07 Å². The number of anilines is 1. The van der Waals surface area contributed by atoms with Gasteiger partial charge in [-0.2, -0.15) is 23.5 Å². The summed E-state index contributed by atoms with van der Waals surface area (Å²) >= 11 is 0. The summed E-state index contributed by atoms with van der Waals surface area (Å²) in [5.74, 6) is 0.0993. The number of carbonyl (C=O) groups is 1. The van der Waals surface area contributed by atoms with Gasteiger partial charge in [0.15, 0.2) is 5.82 Å². The molecule has 2 aliphatic rings. The molecule has 2 aromatic rings. The zero-order chi connectivity index (χ0) is 23.3. The van der Waals surface area contributed by atoms with Crippen molar-refractivity contribution in [3.63, 3.8) is 0 Å². The van der Waals surface area contributed by atoms with E-state index >= 15 is 0 Å². The molecule has 3 heterocycles. The first-order chi connectivity index (χ1) is 15.0. The number of hydrogen-bond acceptors (Lipinski definition) is 10. The fourth-order valence-electron chi connectivity index (χ4n) is 3.60. The van der Waals surface area contributed by atoms with E-state index in [2.05, 4.69) is 14.8 Å². The standard InChI is InChI=1S/C18H18F3N5O6/c19-18(20,21)16(3-4-16)7-31-15(29)30-5-10-12(27)13(28)17(6-22,32-10)11-2-1-9-14(23)24-8-25-26(9)11/h1-2,8,10,12-13,27-28H,3-5,7H2,(H2,23,24,25)/t10-,12-,13-,17+/m1/s1. The van der Waals surface area contributed by atoms with Crippen molar-refractivity contribution < 1.29 is 42.4 Å². The number of carbonyl (C=O) groups excluding carboxylic acids is 1. The van der Waals surface area contributed by atoms with Gasteiger partial charge in [-0.05, 0) is 25.0 Å². The van der Waals surface area contributed by atoms with Crippen LogP contribution in [0.3, 0.4) is 0 Å². The Balaban J connectivity index is 1.45. The third-order valence-electron chi connectivity index (χ3n) is 5.77. The maximum atomic E-state index is 12.9. The van der Waals surface area contributed by atoms with E-state index < -0.39 is 54.9 Å². The van der Waals surface area contributed by atoms with Crippen molar-refractivity contribution in [2.75, 3.05) is 18.9 Å². The van der Waals surface area contributed by atoms with Crippen LogP contribution >= 0.6 is 0 Å². The molecule has 1 saturated carbocycles. The lowest BCUT2D eigenvalue weighted by molar-refractivity contribution is -0.198. The normalized spacial score (nSPS) is 28.9. The molecule has 32 heavy (non-hydrogen) atoms. The van der Waals surface area contributed by atoms with E-state index in [4.69, 9.17) is 15.2 Å². The fraction of sp³-hybridized carbons (Fsp3) is 0.556. The molecule has 0 amide bonds. The number of nitrogens with zero attached hydrogens (tertiary/aromatic N) is 4. The number of aliphatic hydroxyl groups is 2. The molecule has 2 fully saturated rings. The lowest BCUT2D eigenvalue weighted by Crippen LogP contribution is -2.41. The van der Waals surface area contributed by atoms with Crippen molar-refractivity contribution in [2.24, 2.45) is 5.41 Å². The minimum absolute atomic E-state index is 0.0431. The molecule has 0 aromatic carbocycles. The van der Waals surface area contributed by atoms with Crippen molar-refractivity contribution in [1.29, 1.82) is 5.26 Å². The molecule has 14 heteroatoms. The van der Waals surface area contributed by atoms with Crippen LogP contribution in [0.25, 0.3) is 5.52 Å². The Hall–Kier alpha value is -3.15. The number of ether oxygens (including phenoxy) is 3. The summed E-state index contributed by atoms with van der Waals surface area (Å²) in [7, 11) is 0. The first-order valence-electron chi connectivity index (χ1n) is 9.45. The molecule has 0 bridgehead atoms. The van der Waals surface area contributed by atoms with E-state index in [9.17, 15) is 33.4 Å². The van der Waals surface area contributed by atoms with Gasteiger partial charge in [0.05, 0.1) is 5.69 Å². The monoisotopic (exact) mass is 457 g/mol. The van der Waals surface area contributed by atoms with Gasteiger partial charge in [0.2, 0.25) is 5.60 Å². The Bertz CT molecular complexity index is 1080. The quantitative estimate of drug-likeness (QED) is 0.543. The summed E-state index contributed by atoms with van der Waals surface area (Å²) in [6.07, 6.45) is -9.88. The topological polar surface area (TPSA) is 165 Å². The number of alkyl halides is 3. The van der Waals surface area contributed by atoms with Crippen LogP contribution in [0.4, 0.5) is 23.8 Å². The number of aliphatic hydroxyl groups excluding tert-OH is 2. The van der Waals surface area contributed by atoms with Gasteiger partial charge in [0.25, 0.3) is 0 Å². The summed E-state index contributed by atoms with van der Waals surface area (Å²) in [6.45, 7) is -1.56. The average Bonchev–Trinajstić information content (AvgIpc) is 3.37. The average molecular weight is 457 g/mol. The highest BCUT2D eigenvalue weighted by Crippen LogP contribution is 2.57. The summed E-state index contributed by atoms with van der Waals surface area (Å²) in [6, 6.07) is 4.70. The predicted octanol–water partition coefficient (Wildman–Crippen LogP) is 0.647. The van der Waals surface area contributed by atoms with Crippen LogP contribution in [0.15, 0.2) is 18.5 Å². The van der Waals surface area contributed by atoms with Gasteiger partial charge in [0.1, 0.15) is 54.9 Å². The van der Waals surface area contributed by atoms with Gasteiger partial charge < -0.3 is 30.2 Å². The molecule has 4 N–H and O–H groups in total. The van der Waals surface area contributed by atoms with Crippen molar-refractivity contribution in [2.45, 2.75) is 42.9 Å². The number of rotatable bonds is 5. The van der Waals surface area contributed by atoms with Crippen LogP contribution in [0.5, 0.6) is 0 Å². The largest absolute Gasteiger partial charge is 0.508 e. The highest BCUT2D eigenvalue weighted by Gasteiger charge is 2.64. The number of hydrogen-bond donors (Lipinski definition) is 3. The molecule has 172 valence electrons. The Morgan fingerprint density at radius 3 is 2.72 bits per heavy atom. The molecular weight excluding hydrogens is 439 g/mol. The van der Waals surface area contributed by atoms with Gasteiger partial charge >= 0.3 is 12.3 Å². The lowest BCUT2D eigenvalue weighted by Gasteiger charge is -2.24. The lowest BCUT2D eigenvalue weighted by atomic mass is 9.92. The first kappa shape index (κ1) is 22.1. The summed E-state index contributed by atoms with van der Waals surface area (Å²) < 4.78 is 54.8. The maximum absolute atomic E-state index is 12.9. The maximum Gasteiger partial charge on any atom is 0.508 e. The molecule has 4 atom stereocenters. The zero-order valence-corrected chi connectivity index (χ0v) is 16.3. The van der Waals surface area contributed by atoms with E-state index in [0.717, 1.165) is 6.33 Å². The summed E-state index contributed by atoms with van der Waals surface area (Å²) in [5.41, 5.74) is 1.98.